The van der Waals surface area contributed by atoms with Crippen LogP contribution in [0.2, 0.25) is 0 Å². The Morgan fingerprint density at radius 1 is 1.08 bits per heavy atom. The number of nitrogens with one attached hydrogen (secondary N) is 2. The van der Waals surface area contributed by atoms with Crippen molar-refractivity contribution in [3.8, 4) is 0 Å². The van der Waals surface area contributed by atoms with Gasteiger partial charge in [0, 0.05) is 16.6 Å². The average Bonchev–Trinajstić information content (AvgIpc) is 2.88. The zero-order chi connectivity index (χ0) is 17.3. The first-order valence-electron chi connectivity index (χ1n) is 7.43. The summed E-state index contributed by atoms with van der Waals surface area (Å²) in [6.45, 7) is 0. The van der Waals surface area contributed by atoms with E-state index < -0.39 is 23.6 Å². The summed E-state index contributed by atoms with van der Waals surface area (Å²) in [5, 5.41) is 5.37. The van der Waals surface area contributed by atoms with Crippen molar-refractivity contribution in [3.63, 3.8) is 0 Å². The number of nitrogens with two attached hydrogens (primary N) is 1. The van der Waals surface area contributed by atoms with Gasteiger partial charge in [0.2, 0.25) is 0 Å². The number of aryl methyl sites for hydroxylation is 1. The quantitative estimate of drug-likeness (QED) is 0.789. The molecule has 1 heterocycles. The number of hydrogen-bond acceptors (Lipinski definition) is 3. The summed E-state index contributed by atoms with van der Waals surface area (Å²) < 4.78 is 26.1. The average molecular weight is 351 g/mol. The van der Waals surface area contributed by atoms with E-state index in [1.807, 2.05) is 0 Å². The first-order valence-corrected chi connectivity index (χ1v) is 8.24. The van der Waals surface area contributed by atoms with Crippen molar-refractivity contribution in [2.75, 3.05) is 10.6 Å². The van der Waals surface area contributed by atoms with E-state index in [-0.39, 0.29) is 5.69 Å². The Balaban J connectivity index is 1.80. The fraction of sp³-hybridized carbons (Fsp3) is 0.250. The van der Waals surface area contributed by atoms with Gasteiger partial charge in [-0.05, 0) is 43.4 Å². The maximum absolute atomic E-state index is 13.2. The van der Waals surface area contributed by atoms with E-state index in [0.717, 1.165) is 48.3 Å². The normalized spacial score (nSPS) is 13.2. The minimum atomic E-state index is -1.06. The molecule has 0 spiro atoms. The Kier molecular flexibility index (Phi) is 4.48. The molecule has 3 rings (SSSR count). The maximum Gasteiger partial charge on any atom is 0.324 e. The lowest BCUT2D eigenvalue weighted by Gasteiger charge is -2.11. The second-order valence-electron chi connectivity index (χ2n) is 5.49. The number of anilines is 2. The lowest BCUT2D eigenvalue weighted by molar-refractivity contribution is 0.100. The molecule has 126 valence electrons. The Labute approximate surface area is 140 Å². The van der Waals surface area contributed by atoms with Crippen LogP contribution in [0.15, 0.2) is 18.2 Å². The zero-order valence-electron chi connectivity index (χ0n) is 12.6. The highest BCUT2D eigenvalue weighted by molar-refractivity contribution is 7.17. The summed E-state index contributed by atoms with van der Waals surface area (Å²) >= 11 is 1.33. The molecule has 0 atom stereocenters. The third kappa shape index (κ3) is 3.23. The Bertz CT molecular complexity index is 820. The van der Waals surface area contributed by atoms with Crippen molar-refractivity contribution >= 4 is 34.0 Å². The van der Waals surface area contributed by atoms with Crippen LogP contribution in [0, 0.1) is 11.6 Å². The number of carbonyl (C=O) groups is 2. The molecule has 24 heavy (non-hydrogen) atoms. The first-order chi connectivity index (χ1) is 11.5. The Morgan fingerprint density at radius 2 is 1.83 bits per heavy atom. The molecule has 1 aromatic carbocycles. The molecule has 3 amide bonds. The highest BCUT2D eigenvalue weighted by Gasteiger charge is 2.25. The highest BCUT2D eigenvalue weighted by atomic mass is 32.1. The second kappa shape index (κ2) is 6.56. The van der Waals surface area contributed by atoms with E-state index in [1.165, 1.54) is 17.4 Å². The number of urea groups is 1. The Morgan fingerprint density at radius 3 is 2.54 bits per heavy atom. The summed E-state index contributed by atoms with van der Waals surface area (Å²) in [4.78, 5) is 24.9. The van der Waals surface area contributed by atoms with E-state index in [0.29, 0.717) is 10.6 Å². The van der Waals surface area contributed by atoms with E-state index in [4.69, 9.17) is 5.73 Å². The molecule has 8 heteroatoms. The van der Waals surface area contributed by atoms with Gasteiger partial charge in [0.05, 0.1) is 5.56 Å². The first kappa shape index (κ1) is 16.4. The van der Waals surface area contributed by atoms with Gasteiger partial charge in [-0.25, -0.2) is 13.6 Å². The molecule has 1 aliphatic rings. The van der Waals surface area contributed by atoms with Gasteiger partial charge in [-0.1, -0.05) is 0 Å². The maximum atomic E-state index is 13.2. The molecule has 0 fully saturated rings. The van der Waals surface area contributed by atoms with Crippen molar-refractivity contribution in [2.24, 2.45) is 5.73 Å². The van der Waals surface area contributed by atoms with Crippen LogP contribution in [0.3, 0.4) is 0 Å². The molecule has 5 nitrogen and oxygen atoms in total. The van der Waals surface area contributed by atoms with Gasteiger partial charge in [-0.2, -0.15) is 0 Å². The molecule has 2 aromatic rings. The number of benzene rings is 1. The number of amides is 3. The van der Waals surface area contributed by atoms with E-state index >= 15 is 0 Å². The summed E-state index contributed by atoms with van der Waals surface area (Å²) in [6.07, 6.45) is 3.63. The van der Waals surface area contributed by atoms with Crippen LogP contribution in [-0.2, 0) is 12.8 Å². The van der Waals surface area contributed by atoms with Crippen molar-refractivity contribution < 1.29 is 18.4 Å². The summed E-state index contributed by atoms with van der Waals surface area (Å²) in [6, 6.07) is 2.39. The van der Waals surface area contributed by atoms with Gasteiger partial charge in [-0.3, -0.25) is 10.1 Å². The van der Waals surface area contributed by atoms with Crippen LogP contribution >= 0.6 is 11.3 Å². The number of thiophene rings is 1. The fourth-order valence-electron chi connectivity index (χ4n) is 2.75. The minimum absolute atomic E-state index is 0.105. The van der Waals surface area contributed by atoms with Crippen LogP contribution in [0.1, 0.15) is 33.6 Å². The van der Waals surface area contributed by atoms with Gasteiger partial charge in [0.25, 0.3) is 5.91 Å². The topological polar surface area (TPSA) is 84.2 Å². The molecular formula is C16H15F2N3O2S. The number of rotatable bonds is 3. The van der Waals surface area contributed by atoms with Crippen LogP contribution < -0.4 is 16.4 Å². The molecule has 0 saturated carbocycles. The number of carbonyl (C=O) groups excluding carboxylic acids is 2. The number of primary amides is 1. The molecule has 0 radical (unpaired) electrons. The largest absolute Gasteiger partial charge is 0.365 e. The van der Waals surface area contributed by atoms with Crippen LogP contribution in [0.25, 0.3) is 0 Å². The zero-order valence-corrected chi connectivity index (χ0v) is 13.4. The highest BCUT2D eigenvalue weighted by Crippen LogP contribution is 2.37. The van der Waals surface area contributed by atoms with Crippen molar-refractivity contribution in [2.45, 2.75) is 25.7 Å². The molecular weight excluding hydrogens is 336 g/mol. The third-order valence-electron chi connectivity index (χ3n) is 3.82. The van der Waals surface area contributed by atoms with Crippen LogP contribution in [-0.4, -0.2) is 11.9 Å². The molecule has 0 aliphatic heterocycles. The third-order valence-corrected chi connectivity index (χ3v) is 5.03. The summed E-state index contributed by atoms with van der Waals surface area (Å²) in [7, 11) is 0. The summed E-state index contributed by atoms with van der Waals surface area (Å²) in [5.41, 5.74) is 6.80. The molecule has 4 N–H and O–H groups in total. The van der Waals surface area contributed by atoms with Crippen molar-refractivity contribution in [1.82, 2.24) is 0 Å². The predicted octanol–water partition coefficient (Wildman–Crippen LogP) is 3.65. The molecule has 1 aromatic heterocycles. The monoisotopic (exact) mass is 351 g/mol. The van der Waals surface area contributed by atoms with Gasteiger partial charge in [-0.15, -0.1) is 11.3 Å². The van der Waals surface area contributed by atoms with E-state index in [1.54, 1.807) is 0 Å². The SMILES string of the molecule is NC(=O)c1c(NC(=O)Nc2ccc(F)c(F)c2)sc2c1CCCC2. The van der Waals surface area contributed by atoms with Crippen LogP contribution in [0.5, 0.6) is 0 Å². The van der Waals surface area contributed by atoms with E-state index in [9.17, 15) is 18.4 Å². The van der Waals surface area contributed by atoms with Crippen LogP contribution in [0.4, 0.5) is 24.3 Å². The predicted molar refractivity (Wildman–Crippen MR) is 88.5 cm³/mol. The van der Waals surface area contributed by atoms with Gasteiger partial charge in [0.15, 0.2) is 11.6 Å². The summed E-state index contributed by atoms with van der Waals surface area (Å²) in [5.74, 6) is -2.64. The standard InChI is InChI=1S/C16H15F2N3O2S/c17-10-6-5-8(7-11(10)18)20-16(23)21-15-13(14(19)22)9-3-1-2-4-12(9)24-15/h5-7H,1-4H2,(H2,19,22)(H2,20,21,23). The smallest absolute Gasteiger partial charge is 0.324 e. The number of halogens is 2. The van der Waals surface area contributed by atoms with Gasteiger partial charge in [0.1, 0.15) is 5.00 Å². The molecule has 0 saturated heterocycles. The lowest BCUT2D eigenvalue weighted by atomic mass is 9.95. The van der Waals surface area contributed by atoms with Crippen molar-refractivity contribution in [1.29, 1.82) is 0 Å². The second-order valence-corrected chi connectivity index (χ2v) is 6.59. The van der Waals surface area contributed by atoms with E-state index in [2.05, 4.69) is 10.6 Å². The Hall–Kier alpha value is -2.48. The number of hydrogen-bond donors (Lipinski definition) is 3. The molecule has 1 aliphatic carbocycles. The molecule has 0 unspecified atom stereocenters. The van der Waals surface area contributed by atoms with Crippen molar-refractivity contribution in [3.05, 3.63) is 45.8 Å². The fourth-order valence-corrected chi connectivity index (χ4v) is 4.04. The number of fused-ring (bicyclic) bond motifs is 1. The van der Waals surface area contributed by atoms with Gasteiger partial charge < -0.3 is 11.1 Å². The lowest BCUT2D eigenvalue weighted by Crippen LogP contribution is -2.22. The minimum Gasteiger partial charge on any atom is -0.365 e. The van der Waals surface area contributed by atoms with Gasteiger partial charge >= 0.3 is 6.03 Å². The molecule has 0 bridgehead atoms.